The number of rotatable bonds is 6. The van der Waals surface area contributed by atoms with E-state index in [0.717, 1.165) is 12.4 Å². The van der Waals surface area contributed by atoms with Gasteiger partial charge >= 0.3 is 0 Å². The van der Waals surface area contributed by atoms with Crippen LogP contribution in [0.5, 0.6) is 0 Å². The van der Waals surface area contributed by atoms with E-state index in [2.05, 4.69) is 55.2 Å². The van der Waals surface area contributed by atoms with Gasteiger partial charge in [-0.3, -0.25) is 0 Å². The van der Waals surface area contributed by atoms with Crippen LogP contribution >= 0.6 is 0 Å². The molecule has 96 valence electrons. The maximum absolute atomic E-state index is 4.45. The van der Waals surface area contributed by atoms with Gasteiger partial charge in [0.25, 0.3) is 0 Å². The normalized spacial score (nSPS) is 12.8. The molecule has 1 unspecified atom stereocenters. The van der Waals surface area contributed by atoms with Crippen molar-refractivity contribution in [1.82, 2.24) is 10.3 Å². The lowest BCUT2D eigenvalue weighted by atomic mass is 10.0. The summed E-state index contributed by atoms with van der Waals surface area (Å²) in [6.45, 7) is 7.67. The van der Waals surface area contributed by atoms with Gasteiger partial charge in [-0.2, -0.15) is 0 Å². The Morgan fingerprint density at radius 2 is 2.06 bits per heavy atom. The van der Waals surface area contributed by atoms with Crippen LogP contribution < -0.4 is 10.2 Å². The maximum atomic E-state index is 4.45. The summed E-state index contributed by atoms with van der Waals surface area (Å²) >= 11 is 0. The summed E-state index contributed by atoms with van der Waals surface area (Å²) in [5.41, 5.74) is 1.28. The van der Waals surface area contributed by atoms with E-state index in [9.17, 15) is 0 Å². The van der Waals surface area contributed by atoms with Crippen LogP contribution in [-0.2, 0) is 6.54 Å². The summed E-state index contributed by atoms with van der Waals surface area (Å²) in [5, 5.41) is 3.17. The first-order chi connectivity index (χ1) is 8.04. The lowest BCUT2D eigenvalue weighted by molar-refractivity contribution is 0.502. The second kappa shape index (κ2) is 6.60. The Hall–Kier alpha value is -1.09. The van der Waals surface area contributed by atoms with Crippen LogP contribution in [0.15, 0.2) is 18.3 Å². The number of anilines is 1. The fourth-order valence-electron chi connectivity index (χ4n) is 2.03. The largest absolute Gasteiger partial charge is 0.357 e. The molecule has 0 fully saturated rings. The summed E-state index contributed by atoms with van der Waals surface area (Å²) in [7, 11) is 4.09. The van der Waals surface area contributed by atoms with Crippen molar-refractivity contribution in [2.45, 2.75) is 39.8 Å². The molecule has 1 aromatic rings. The number of aromatic nitrogens is 1. The number of hydrogen-bond acceptors (Lipinski definition) is 3. The zero-order valence-electron chi connectivity index (χ0n) is 11.7. The van der Waals surface area contributed by atoms with E-state index < -0.39 is 0 Å². The highest BCUT2D eigenvalue weighted by Crippen LogP contribution is 2.17. The van der Waals surface area contributed by atoms with Crippen molar-refractivity contribution < 1.29 is 0 Å². The average molecular weight is 235 g/mol. The van der Waals surface area contributed by atoms with Crippen molar-refractivity contribution in [3.63, 3.8) is 0 Å². The molecule has 1 aromatic heterocycles. The summed E-state index contributed by atoms with van der Waals surface area (Å²) in [6.07, 6.45) is 3.08. The molecule has 0 aromatic carbocycles. The van der Waals surface area contributed by atoms with Crippen LogP contribution in [0.1, 0.15) is 32.8 Å². The summed E-state index contributed by atoms with van der Waals surface area (Å²) in [5.74, 6) is 1.78. The number of nitrogens with zero attached hydrogens (tertiary/aromatic N) is 2. The minimum atomic E-state index is 0.521. The maximum Gasteiger partial charge on any atom is 0.128 e. The van der Waals surface area contributed by atoms with Crippen molar-refractivity contribution in [1.29, 1.82) is 0 Å². The van der Waals surface area contributed by atoms with Gasteiger partial charge in [0, 0.05) is 25.8 Å². The summed E-state index contributed by atoms with van der Waals surface area (Å²) in [6, 6.07) is 4.74. The molecular weight excluding hydrogens is 210 g/mol. The molecule has 1 N–H and O–H groups in total. The first kappa shape index (κ1) is 14.0. The standard InChI is InChI=1S/C14H25N3/c1-11(2)8-12(3)17(5)14-9-13(10-15-4)6-7-16-14/h6-7,9,11-12,15H,8,10H2,1-5H3. The second-order valence-corrected chi connectivity index (χ2v) is 5.14. The van der Waals surface area contributed by atoms with Crippen molar-refractivity contribution in [3.05, 3.63) is 23.9 Å². The quantitative estimate of drug-likeness (QED) is 0.821. The van der Waals surface area contributed by atoms with Gasteiger partial charge in [0.15, 0.2) is 0 Å². The third kappa shape index (κ3) is 4.35. The van der Waals surface area contributed by atoms with E-state index in [1.807, 2.05) is 13.2 Å². The fraction of sp³-hybridized carbons (Fsp3) is 0.643. The molecule has 0 saturated carbocycles. The predicted octanol–water partition coefficient (Wildman–Crippen LogP) is 2.67. The zero-order valence-corrected chi connectivity index (χ0v) is 11.7. The SMILES string of the molecule is CNCc1ccnc(N(C)C(C)CC(C)C)c1. The number of nitrogens with one attached hydrogen (secondary N) is 1. The summed E-state index contributed by atoms with van der Waals surface area (Å²) < 4.78 is 0. The Morgan fingerprint density at radius 1 is 1.35 bits per heavy atom. The van der Waals surface area contributed by atoms with E-state index in [0.29, 0.717) is 12.0 Å². The third-order valence-corrected chi connectivity index (χ3v) is 3.03. The van der Waals surface area contributed by atoms with E-state index >= 15 is 0 Å². The van der Waals surface area contributed by atoms with E-state index in [1.54, 1.807) is 0 Å². The molecule has 0 bridgehead atoms. The molecule has 0 aliphatic rings. The summed E-state index contributed by atoms with van der Waals surface area (Å²) in [4.78, 5) is 6.71. The van der Waals surface area contributed by atoms with Crippen LogP contribution in [0.25, 0.3) is 0 Å². The number of hydrogen-bond donors (Lipinski definition) is 1. The first-order valence-corrected chi connectivity index (χ1v) is 6.37. The van der Waals surface area contributed by atoms with Gasteiger partial charge in [0.05, 0.1) is 0 Å². The molecule has 0 spiro atoms. The minimum absolute atomic E-state index is 0.521. The highest BCUT2D eigenvalue weighted by atomic mass is 15.2. The highest BCUT2D eigenvalue weighted by Gasteiger charge is 2.12. The van der Waals surface area contributed by atoms with E-state index in [-0.39, 0.29) is 0 Å². The Morgan fingerprint density at radius 3 is 2.65 bits per heavy atom. The Balaban J connectivity index is 2.73. The van der Waals surface area contributed by atoms with Crippen molar-refractivity contribution in [2.24, 2.45) is 5.92 Å². The Labute approximate surface area is 105 Å². The van der Waals surface area contributed by atoms with Gasteiger partial charge in [-0.1, -0.05) is 13.8 Å². The van der Waals surface area contributed by atoms with Gasteiger partial charge in [-0.15, -0.1) is 0 Å². The molecule has 1 heterocycles. The molecule has 0 aliphatic carbocycles. The highest BCUT2D eigenvalue weighted by molar-refractivity contribution is 5.41. The monoisotopic (exact) mass is 235 g/mol. The van der Waals surface area contributed by atoms with Crippen LogP contribution in [0.4, 0.5) is 5.82 Å². The van der Waals surface area contributed by atoms with Crippen molar-refractivity contribution >= 4 is 5.82 Å². The Bertz CT molecular complexity index is 336. The molecular formula is C14H25N3. The zero-order chi connectivity index (χ0) is 12.8. The van der Waals surface area contributed by atoms with Gasteiger partial charge in [0.1, 0.15) is 5.82 Å². The lowest BCUT2D eigenvalue weighted by Gasteiger charge is -2.27. The van der Waals surface area contributed by atoms with Crippen LogP contribution in [-0.4, -0.2) is 25.1 Å². The average Bonchev–Trinajstić information content (AvgIpc) is 2.28. The van der Waals surface area contributed by atoms with Crippen molar-refractivity contribution in [2.75, 3.05) is 19.0 Å². The molecule has 3 nitrogen and oxygen atoms in total. The van der Waals surface area contributed by atoms with Crippen LogP contribution in [0, 0.1) is 5.92 Å². The topological polar surface area (TPSA) is 28.2 Å². The minimum Gasteiger partial charge on any atom is -0.357 e. The van der Waals surface area contributed by atoms with Gasteiger partial charge in [0.2, 0.25) is 0 Å². The predicted molar refractivity (Wildman–Crippen MR) is 74.3 cm³/mol. The van der Waals surface area contributed by atoms with Gasteiger partial charge in [-0.05, 0) is 44.0 Å². The lowest BCUT2D eigenvalue weighted by Crippen LogP contribution is -2.30. The Kier molecular flexibility index (Phi) is 5.42. The second-order valence-electron chi connectivity index (χ2n) is 5.14. The first-order valence-electron chi connectivity index (χ1n) is 6.37. The van der Waals surface area contributed by atoms with Gasteiger partial charge < -0.3 is 10.2 Å². The van der Waals surface area contributed by atoms with E-state index in [1.165, 1.54) is 12.0 Å². The molecule has 0 saturated heterocycles. The molecule has 3 heteroatoms. The molecule has 17 heavy (non-hydrogen) atoms. The molecule has 1 atom stereocenters. The van der Waals surface area contributed by atoms with E-state index in [4.69, 9.17) is 0 Å². The van der Waals surface area contributed by atoms with Crippen LogP contribution in [0.2, 0.25) is 0 Å². The molecule has 0 aliphatic heterocycles. The fourth-order valence-corrected chi connectivity index (χ4v) is 2.03. The van der Waals surface area contributed by atoms with Crippen LogP contribution in [0.3, 0.4) is 0 Å². The van der Waals surface area contributed by atoms with Crippen molar-refractivity contribution in [3.8, 4) is 0 Å². The smallest absolute Gasteiger partial charge is 0.128 e. The number of pyridine rings is 1. The van der Waals surface area contributed by atoms with Gasteiger partial charge in [-0.25, -0.2) is 4.98 Å². The molecule has 0 amide bonds. The molecule has 1 rings (SSSR count). The molecule has 0 radical (unpaired) electrons. The third-order valence-electron chi connectivity index (χ3n) is 3.03.